The fourth-order valence-electron chi connectivity index (χ4n) is 2.41. The maximum atomic E-state index is 5.43. The van der Waals surface area contributed by atoms with E-state index in [4.69, 9.17) is 4.74 Å². The normalized spacial score (nSPS) is 24.6. The second-order valence-corrected chi connectivity index (χ2v) is 4.94. The summed E-state index contributed by atoms with van der Waals surface area (Å²) in [4.78, 5) is 2.52. The summed E-state index contributed by atoms with van der Waals surface area (Å²) in [6.45, 7) is 9.14. The lowest BCUT2D eigenvalue weighted by molar-refractivity contribution is 0.0317. The number of methoxy groups -OCH3 is 1. The first kappa shape index (κ1) is 13.9. The van der Waals surface area contributed by atoms with Crippen LogP contribution in [0.3, 0.4) is 0 Å². The molecule has 16 heavy (non-hydrogen) atoms. The molecule has 1 heterocycles. The smallest absolute Gasteiger partial charge is 0.0698 e. The lowest BCUT2D eigenvalue weighted by atomic mass is 10.1. The van der Waals surface area contributed by atoms with Crippen molar-refractivity contribution in [1.29, 1.82) is 0 Å². The van der Waals surface area contributed by atoms with Crippen molar-refractivity contribution >= 4 is 0 Å². The third kappa shape index (κ3) is 5.28. The number of rotatable bonds is 7. The van der Waals surface area contributed by atoms with E-state index in [0.717, 1.165) is 19.6 Å². The highest BCUT2D eigenvalue weighted by molar-refractivity contribution is 4.73. The predicted molar refractivity (Wildman–Crippen MR) is 68.8 cm³/mol. The van der Waals surface area contributed by atoms with Crippen LogP contribution in [-0.4, -0.2) is 50.3 Å². The van der Waals surface area contributed by atoms with Crippen molar-refractivity contribution in [3.05, 3.63) is 0 Å². The Morgan fingerprint density at radius 3 is 3.00 bits per heavy atom. The Bertz CT molecular complexity index is 175. The summed E-state index contributed by atoms with van der Waals surface area (Å²) in [5, 5.41) is 3.58. The Hall–Kier alpha value is -0.120. The summed E-state index contributed by atoms with van der Waals surface area (Å²) in [5.74, 6) is 0. The van der Waals surface area contributed by atoms with E-state index in [1.54, 1.807) is 0 Å². The fraction of sp³-hybridized carbons (Fsp3) is 1.00. The summed E-state index contributed by atoms with van der Waals surface area (Å²) in [6.07, 6.45) is 5.52. The van der Waals surface area contributed by atoms with Gasteiger partial charge < -0.3 is 10.1 Å². The predicted octanol–water partition coefficient (Wildman–Crippen LogP) is 1.88. The molecule has 1 fully saturated rings. The highest BCUT2D eigenvalue weighted by Crippen LogP contribution is 2.11. The average Bonchev–Trinajstić information content (AvgIpc) is 2.30. The summed E-state index contributed by atoms with van der Waals surface area (Å²) >= 11 is 0. The van der Waals surface area contributed by atoms with Crippen LogP contribution in [0.4, 0.5) is 0 Å². The zero-order valence-corrected chi connectivity index (χ0v) is 11.2. The van der Waals surface area contributed by atoms with Crippen LogP contribution in [0, 0.1) is 0 Å². The summed E-state index contributed by atoms with van der Waals surface area (Å²) in [5.41, 5.74) is 0. The van der Waals surface area contributed by atoms with Gasteiger partial charge in [0, 0.05) is 32.8 Å². The number of hydrogen-bond donors (Lipinski definition) is 1. The van der Waals surface area contributed by atoms with Gasteiger partial charge in [-0.25, -0.2) is 0 Å². The van der Waals surface area contributed by atoms with Gasteiger partial charge in [0.05, 0.1) is 6.10 Å². The van der Waals surface area contributed by atoms with Gasteiger partial charge in [-0.1, -0.05) is 13.3 Å². The molecule has 2 unspecified atom stereocenters. The number of hydrogen-bond acceptors (Lipinski definition) is 3. The maximum Gasteiger partial charge on any atom is 0.0698 e. The molecule has 1 rings (SSSR count). The van der Waals surface area contributed by atoms with Crippen LogP contribution < -0.4 is 5.32 Å². The molecule has 0 bridgehead atoms. The topological polar surface area (TPSA) is 24.5 Å². The van der Waals surface area contributed by atoms with Crippen molar-refractivity contribution < 1.29 is 4.74 Å². The third-order valence-electron chi connectivity index (χ3n) is 3.44. The zero-order chi connectivity index (χ0) is 11.8. The molecule has 96 valence electrons. The SMILES string of the molecule is CCCC(C)NCCN1CCCC(OC)C1. The van der Waals surface area contributed by atoms with Gasteiger partial charge in [-0.2, -0.15) is 0 Å². The lowest BCUT2D eigenvalue weighted by Crippen LogP contribution is -2.43. The molecule has 0 amide bonds. The molecular formula is C13H28N2O. The van der Waals surface area contributed by atoms with Crippen LogP contribution in [0.15, 0.2) is 0 Å². The van der Waals surface area contributed by atoms with Crippen LogP contribution in [0.5, 0.6) is 0 Å². The Balaban J connectivity index is 2.08. The van der Waals surface area contributed by atoms with Crippen LogP contribution in [0.2, 0.25) is 0 Å². The van der Waals surface area contributed by atoms with Crippen molar-refractivity contribution in [3.63, 3.8) is 0 Å². The van der Waals surface area contributed by atoms with Gasteiger partial charge in [-0.15, -0.1) is 0 Å². The molecule has 3 nitrogen and oxygen atoms in total. The molecule has 1 aliphatic rings. The maximum absolute atomic E-state index is 5.43. The van der Waals surface area contributed by atoms with E-state index in [0.29, 0.717) is 12.1 Å². The van der Waals surface area contributed by atoms with E-state index in [9.17, 15) is 0 Å². The van der Waals surface area contributed by atoms with Gasteiger partial charge in [0.25, 0.3) is 0 Å². The van der Waals surface area contributed by atoms with E-state index in [1.165, 1.54) is 32.2 Å². The van der Waals surface area contributed by atoms with E-state index in [2.05, 4.69) is 24.1 Å². The zero-order valence-electron chi connectivity index (χ0n) is 11.2. The number of piperidine rings is 1. The molecule has 2 atom stereocenters. The van der Waals surface area contributed by atoms with E-state index >= 15 is 0 Å². The number of nitrogens with one attached hydrogen (secondary N) is 1. The van der Waals surface area contributed by atoms with Crippen molar-refractivity contribution in [3.8, 4) is 0 Å². The van der Waals surface area contributed by atoms with Crippen molar-refractivity contribution in [1.82, 2.24) is 10.2 Å². The molecule has 0 saturated carbocycles. The average molecular weight is 228 g/mol. The quantitative estimate of drug-likeness (QED) is 0.720. The van der Waals surface area contributed by atoms with E-state index in [-0.39, 0.29) is 0 Å². The van der Waals surface area contributed by atoms with Crippen molar-refractivity contribution in [2.24, 2.45) is 0 Å². The Labute approximate surface area is 101 Å². The molecule has 0 aromatic carbocycles. The van der Waals surface area contributed by atoms with Gasteiger partial charge in [0.15, 0.2) is 0 Å². The highest BCUT2D eigenvalue weighted by atomic mass is 16.5. The number of nitrogens with zero attached hydrogens (tertiary/aromatic N) is 1. The van der Waals surface area contributed by atoms with Crippen LogP contribution in [0.1, 0.15) is 39.5 Å². The highest BCUT2D eigenvalue weighted by Gasteiger charge is 2.18. The Morgan fingerprint density at radius 2 is 2.31 bits per heavy atom. The molecule has 0 aliphatic carbocycles. The Morgan fingerprint density at radius 1 is 1.50 bits per heavy atom. The monoisotopic (exact) mass is 228 g/mol. The minimum Gasteiger partial charge on any atom is -0.380 e. The number of likely N-dealkylation sites (tertiary alicyclic amines) is 1. The van der Waals surface area contributed by atoms with Crippen molar-refractivity contribution in [2.75, 3.05) is 33.3 Å². The summed E-state index contributed by atoms with van der Waals surface area (Å²) in [6, 6.07) is 0.660. The van der Waals surface area contributed by atoms with Crippen molar-refractivity contribution in [2.45, 2.75) is 51.7 Å². The lowest BCUT2D eigenvalue weighted by Gasteiger charge is -2.32. The second-order valence-electron chi connectivity index (χ2n) is 4.94. The van der Waals surface area contributed by atoms with E-state index in [1.807, 2.05) is 7.11 Å². The molecule has 0 aromatic heterocycles. The van der Waals surface area contributed by atoms with Crippen LogP contribution in [0.25, 0.3) is 0 Å². The van der Waals surface area contributed by atoms with Crippen LogP contribution >= 0.6 is 0 Å². The molecular weight excluding hydrogens is 200 g/mol. The second kappa shape index (κ2) is 8.04. The first-order valence-corrected chi connectivity index (χ1v) is 6.74. The fourth-order valence-corrected chi connectivity index (χ4v) is 2.41. The minimum absolute atomic E-state index is 0.460. The first-order valence-electron chi connectivity index (χ1n) is 6.74. The van der Waals surface area contributed by atoms with Gasteiger partial charge >= 0.3 is 0 Å². The van der Waals surface area contributed by atoms with Gasteiger partial charge in [-0.3, -0.25) is 4.90 Å². The minimum atomic E-state index is 0.460. The molecule has 3 heteroatoms. The van der Waals surface area contributed by atoms with Gasteiger partial charge in [-0.05, 0) is 32.7 Å². The largest absolute Gasteiger partial charge is 0.380 e. The molecule has 1 aliphatic heterocycles. The summed E-state index contributed by atoms with van der Waals surface area (Å²) in [7, 11) is 1.83. The summed E-state index contributed by atoms with van der Waals surface area (Å²) < 4.78 is 5.43. The Kier molecular flexibility index (Phi) is 7.01. The first-order chi connectivity index (χ1) is 7.76. The third-order valence-corrected chi connectivity index (χ3v) is 3.44. The number of ether oxygens (including phenoxy) is 1. The molecule has 1 saturated heterocycles. The van der Waals surface area contributed by atoms with E-state index < -0.39 is 0 Å². The van der Waals surface area contributed by atoms with Gasteiger partial charge in [0.2, 0.25) is 0 Å². The molecule has 0 spiro atoms. The van der Waals surface area contributed by atoms with Gasteiger partial charge in [0.1, 0.15) is 0 Å². The molecule has 0 radical (unpaired) electrons. The molecule has 0 aromatic rings. The standard InChI is InChI=1S/C13H28N2O/c1-4-6-12(2)14-8-10-15-9-5-7-13(11-15)16-3/h12-14H,4-11H2,1-3H3. The van der Waals surface area contributed by atoms with Crippen LogP contribution in [-0.2, 0) is 4.74 Å². The molecule has 1 N–H and O–H groups in total.